The fourth-order valence-electron chi connectivity index (χ4n) is 1.93. The Balaban J connectivity index is 1.89. The monoisotopic (exact) mass is 215 g/mol. The molecule has 0 aromatic heterocycles. The van der Waals surface area contributed by atoms with Crippen LogP contribution in [0.25, 0.3) is 0 Å². The summed E-state index contributed by atoms with van der Waals surface area (Å²) in [6.45, 7) is 7.85. The van der Waals surface area contributed by atoms with Crippen molar-refractivity contribution in [2.45, 2.75) is 52.0 Å². The van der Waals surface area contributed by atoms with Crippen LogP contribution in [0.4, 0.5) is 0 Å². The molecule has 1 saturated carbocycles. The van der Waals surface area contributed by atoms with Crippen LogP contribution in [0.5, 0.6) is 0 Å². The second-order valence-corrected chi connectivity index (χ2v) is 6.55. The summed E-state index contributed by atoms with van der Waals surface area (Å²) in [6.07, 6.45) is 5.93. The molecule has 0 aromatic rings. The first-order chi connectivity index (χ1) is 6.58. The largest absolute Gasteiger partial charge is 0.311 e. The van der Waals surface area contributed by atoms with Crippen molar-refractivity contribution in [3.63, 3.8) is 0 Å². The van der Waals surface area contributed by atoms with E-state index in [-0.39, 0.29) is 5.54 Å². The summed E-state index contributed by atoms with van der Waals surface area (Å²) < 4.78 is 0. The molecule has 0 unspecified atom stereocenters. The maximum Gasteiger partial charge on any atom is 0.00968 e. The predicted octanol–water partition coefficient (Wildman–Crippen LogP) is 3.30. The van der Waals surface area contributed by atoms with Gasteiger partial charge in [-0.15, -0.1) is 0 Å². The fraction of sp³-hybridized carbons (Fsp3) is 1.00. The van der Waals surface area contributed by atoms with Crippen LogP contribution < -0.4 is 5.32 Å². The van der Waals surface area contributed by atoms with Gasteiger partial charge in [0.05, 0.1) is 0 Å². The minimum atomic E-state index is 0.286. The molecule has 1 aliphatic rings. The molecule has 2 heteroatoms. The lowest BCUT2D eigenvalue weighted by Gasteiger charge is -2.20. The van der Waals surface area contributed by atoms with E-state index in [0.717, 1.165) is 12.5 Å². The van der Waals surface area contributed by atoms with Gasteiger partial charge >= 0.3 is 0 Å². The van der Waals surface area contributed by atoms with Crippen molar-refractivity contribution in [1.29, 1.82) is 0 Å². The minimum Gasteiger partial charge on any atom is -0.311 e. The first-order valence-corrected chi connectivity index (χ1v) is 7.06. The Hall–Kier alpha value is 0.310. The van der Waals surface area contributed by atoms with Crippen LogP contribution >= 0.6 is 11.8 Å². The summed E-state index contributed by atoms with van der Waals surface area (Å²) in [6, 6.07) is 0. The Bertz CT molecular complexity index is 145. The van der Waals surface area contributed by atoms with Gasteiger partial charge in [-0.3, -0.25) is 0 Å². The van der Waals surface area contributed by atoms with Crippen LogP contribution in [0, 0.1) is 5.92 Å². The summed E-state index contributed by atoms with van der Waals surface area (Å²) in [7, 11) is 0. The quantitative estimate of drug-likeness (QED) is 0.706. The van der Waals surface area contributed by atoms with Crippen LogP contribution in [0.15, 0.2) is 0 Å². The SMILES string of the molecule is CC(C)(C)NCCSCC1CCCC1. The average molecular weight is 215 g/mol. The highest BCUT2D eigenvalue weighted by atomic mass is 32.2. The van der Waals surface area contributed by atoms with Crippen molar-refractivity contribution < 1.29 is 0 Å². The van der Waals surface area contributed by atoms with Gasteiger partial charge in [-0.2, -0.15) is 11.8 Å². The standard InChI is InChI=1S/C12H25NS/c1-12(2,3)13-8-9-14-10-11-6-4-5-7-11/h11,13H,4-10H2,1-3H3. The summed E-state index contributed by atoms with van der Waals surface area (Å²) in [5.74, 6) is 3.70. The lowest BCUT2D eigenvalue weighted by Crippen LogP contribution is -2.37. The lowest BCUT2D eigenvalue weighted by atomic mass is 10.1. The zero-order chi connectivity index (χ0) is 10.4. The van der Waals surface area contributed by atoms with Gasteiger partial charge in [0.15, 0.2) is 0 Å². The van der Waals surface area contributed by atoms with E-state index in [0.29, 0.717) is 0 Å². The first-order valence-electron chi connectivity index (χ1n) is 5.91. The smallest absolute Gasteiger partial charge is 0.00968 e. The maximum atomic E-state index is 3.53. The van der Waals surface area contributed by atoms with Crippen LogP contribution in [-0.2, 0) is 0 Å². The Labute approximate surface area is 93.4 Å². The van der Waals surface area contributed by atoms with E-state index in [1.807, 2.05) is 0 Å². The highest BCUT2D eigenvalue weighted by Crippen LogP contribution is 2.27. The van der Waals surface area contributed by atoms with Gasteiger partial charge in [0.2, 0.25) is 0 Å². The number of nitrogens with one attached hydrogen (secondary N) is 1. The molecule has 1 aliphatic carbocycles. The lowest BCUT2D eigenvalue weighted by molar-refractivity contribution is 0.441. The number of thioether (sulfide) groups is 1. The molecule has 0 atom stereocenters. The Morgan fingerprint density at radius 2 is 1.86 bits per heavy atom. The van der Waals surface area contributed by atoms with Gasteiger partial charge in [0.25, 0.3) is 0 Å². The highest BCUT2D eigenvalue weighted by Gasteiger charge is 2.14. The summed E-state index contributed by atoms with van der Waals surface area (Å²) >= 11 is 2.13. The fourth-order valence-corrected chi connectivity index (χ4v) is 3.00. The average Bonchev–Trinajstić information content (AvgIpc) is 2.54. The molecule has 0 amide bonds. The van der Waals surface area contributed by atoms with E-state index in [1.54, 1.807) is 0 Å². The van der Waals surface area contributed by atoms with E-state index < -0.39 is 0 Å². The molecule has 0 spiro atoms. The summed E-state index contributed by atoms with van der Waals surface area (Å²) in [4.78, 5) is 0. The normalized spacial score (nSPS) is 19.1. The second-order valence-electron chi connectivity index (χ2n) is 5.40. The van der Waals surface area contributed by atoms with Crippen molar-refractivity contribution in [3.8, 4) is 0 Å². The third kappa shape index (κ3) is 5.92. The van der Waals surface area contributed by atoms with Crippen molar-refractivity contribution >= 4 is 11.8 Å². The van der Waals surface area contributed by atoms with Gasteiger partial charge < -0.3 is 5.32 Å². The van der Waals surface area contributed by atoms with Crippen LogP contribution in [0.3, 0.4) is 0 Å². The zero-order valence-electron chi connectivity index (χ0n) is 9.94. The molecule has 84 valence electrons. The summed E-state index contributed by atoms with van der Waals surface area (Å²) in [5, 5.41) is 3.53. The maximum absolute atomic E-state index is 3.53. The molecule has 1 rings (SSSR count). The molecular formula is C12H25NS. The van der Waals surface area contributed by atoms with Gasteiger partial charge in [-0.05, 0) is 45.3 Å². The predicted molar refractivity (Wildman–Crippen MR) is 67.0 cm³/mol. The van der Waals surface area contributed by atoms with Gasteiger partial charge in [0.1, 0.15) is 0 Å². The molecule has 1 N–H and O–H groups in total. The molecular weight excluding hydrogens is 190 g/mol. The number of rotatable bonds is 5. The topological polar surface area (TPSA) is 12.0 Å². The third-order valence-electron chi connectivity index (χ3n) is 2.73. The third-order valence-corrected chi connectivity index (χ3v) is 3.93. The summed E-state index contributed by atoms with van der Waals surface area (Å²) in [5.41, 5.74) is 0.286. The highest BCUT2D eigenvalue weighted by molar-refractivity contribution is 7.99. The van der Waals surface area contributed by atoms with E-state index in [4.69, 9.17) is 0 Å². The number of hydrogen-bond donors (Lipinski definition) is 1. The zero-order valence-corrected chi connectivity index (χ0v) is 10.8. The van der Waals surface area contributed by atoms with Crippen LogP contribution in [0.2, 0.25) is 0 Å². The van der Waals surface area contributed by atoms with E-state index in [1.165, 1.54) is 37.2 Å². The van der Waals surface area contributed by atoms with Crippen molar-refractivity contribution in [1.82, 2.24) is 5.32 Å². The Morgan fingerprint density at radius 3 is 2.43 bits per heavy atom. The second kappa shape index (κ2) is 6.02. The van der Waals surface area contributed by atoms with Crippen LogP contribution in [0.1, 0.15) is 46.5 Å². The molecule has 1 nitrogen and oxygen atoms in total. The molecule has 0 aromatic carbocycles. The molecule has 0 radical (unpaired) electrons. The number of hydrogen-bond acceptors (Lipinski definition) is 2. The van der Waals surface area contributed by atoms with E-state index in [9.17, 15) is 0 Å². The van der Waals surface area contributed by atoms with Crippen molar-refractivity contribution in [3.05, 3.63) is 0 Å². The molecule has 0 aliphatic heterocycles. The molecule has 0 heterocycles. The molecule has 0 bridgehead atoms. The molecule has 1 fully saturated rings. The molecule has 14 heavy (non-hydrogen) atoms. The van der Waals surface area contributed by atoms with Crippen LogP contribution in [-0.4, -0.2) is 23.6 Å². The first kappa shape index (κ1) is 12.4. The van der Waals surface area contributed by atoms with E-state index >= 15 is 0 Å². The minimum absolute atomic E-state index is 0.286. The van der Waals surface area contributed by atoms with Gasteiger partial charge in [-0.1, -0.05) is 12.8 Å². The Morgan fingerprint density at radius 1 is 1.21 bits per heavy atom. The van der Waals surface area contributed by atoms with Gasteiger partial charge in [0, 0.05) is 17.8 Å². The Kier molecular flexibility index (Phi) is 5.32. The van der Waals surface area contributed by atoms with Crippen molar-refractivity contribution in [2.75, 3.05) is 18.1 Å². The molecule has 0 saturated heterocycles. The van der Waals surface area contributed by atoms with E-state index in [2.05, 4.69) is 37.8 Å². The van der Waals surface area contributed by atoms with Crippen molar-refractivity contribution in [2.24, 2.45) is 5.92 Å². The van der Waals surface area contributed by atoms with Gasteiger partial charge in [-0.25, -0.2) is 0 Å².